The van der Waals surface area contributed by atoms with Crippen molar-refractivity contribution in [2.75, 3.05) is 31.2 Å². The smallest absolute Gasteiger partial charge is 0.226 e. The number of anilines is 1. The van der Waals surface area contributed by atoms with Crippen molar-refractivity contribution in [2.45, 2.75) is 0 Å². The van der Waals surface area contributed by atoms with Gasteiger partial charge >= 0.3 is 0 Å². The molecule has 0 saturated carbocycles. The minimum Gasteiger partial charge on any atom is -0.378 e. The number of rotatable bonds is 3. The Morgan fingerprint density at radius 2 is 1.50 bits per heavy atom. The molecule has 0 aliphatic carbocycles. The fraction of sp³-hybridized carbons (Fsp3) is 0.250. The second-order valence-corrected chi connectivity index (χ2v) is 6.89. The molecule has 0 N–H and O–H groups in total. The number of aromatic nitrogens is 2. The van der Waals surface area contributed by atoms with Gasteiger partial charge in [-0.15, -0.1) is 22.7 Å². The molecule has 6 heteroatoms. The molecule has 0 radical (unpaired) electrons. The lowest BCUT2D eigenvalue weighted by Gasteiger charge is -2.27. The van der Waals surface area contributed by atoms with Gasteiger partial charge in [0.05, 0.1) is 34.4 Å². The standard InChI is InChI=1S/C16H15N3OS2/c1-3-14(21-9-1)12-11-13(15-4-2-10-22-15)18-16(17-12)19-5-7-20-8-6-19/h1-4,9-11H,5-8H2. The number of ether oxygens (including phenoxy) is 1. The summed E-state index contributed by atoms with van der Waals surface area (Å²) in [5, 5.41) is 4.16. The summed E-state index contributed by atoms with van der Waals surface area (Å²) in [4.78, 5) is 14.1. The van der Waals surface area contributed by atoms with E-state index in [0.717, 1.165) is 43.6 Å². The molecular formula is C16H15N3OS2. The molecule has 22 heavy (non-hydrogen) atoms. The van der Waals surface area contributed by atoms with Gasteiger partial charge in [-0.3, -0.25) is 0 Å². The monoisotopic (exact) mass is 329 g/mol. The van der Waals surface area contributed by atoms with Gasteiger partial charge in [0, 0.05) is 13.1 Å². The van der Waals surface area contributed by atoms with Crippen LogP contribution >= 0.6 is 22.7 Å². The average Bonchev–Trinajstić information content (AvgIpc) is 3.29. The van der Waals surface area contributed by atoms with Gasteiger partial charge in [-0.25, -0.2) is 9.97 Å². The normalized spacial score (nSPS) is 15.2. The molecule has 0 aromatic carbocycles. The van der Waals surface area contributed by atoms with Crippen molar-refractivity contribution in [2.24, 2.45) is 0 Å². The van der Waals surface area contributed by atoms with Gasteiger partial charge in [0.25, 0.3) is 0 Å². The highest BCUT2D eigenvalue weighted by Gasteiger charge is 2.17. The van der Waals surface area contributed by atoms with Crippen LogP contribution in [0.3, 0.4) is 0 Å². The topological polar surface area (TPSA) is 38.2 Å². The highest BCUT2D eigenvalue weighted by Crippen LogP contribution is 2.31. The first-order valence-electron chi connectivity index (χ1n) is 7.20. The first-order valence-corrected chi connectivity index (χ1v) is 8.95. The quantitative estimate of drug-likeness (QED) is 0.733. The zero-order valence-electron chi connectivity index (χ0n) is 11.9. The summed E-state index contributed by atoms with van der Waals surface area (Å²) in [5.41, 5.74) is 1.99. The van der Waals surface area contributed by atoms with Gasteiger partial charge in [0.15, 0.2) is 0 Å². The van der Waals surface area contributed by atoms with E-state index in [1.165, 1.54) is 9.75 Å². The third-order valence-electron chi connectivity index (χ3n) is 3.56. The van der Waals surface area contributed by atoms with Gasteiger partial charge in [0.2, 0.25) is 5.95 Å². The SMILES string of the molecule is c1csc(-c2cc(-c3cccs3)nc(N3CCOCC3)n2)c1. The van der Waals surface area contributed by atoms with E-state index in [9.17, 15) is 0 Å². The maximum Gasteiger partial charge on any atom is 0.226 e. The molecule has 0 unspecified atom stereocenters. The fourth-order valence-corrected chi connectivity index (χ4v) is 3.81. The Morgan fingerprint density at radius 3 is 2.00 bits per heavy atom. The lowest BCUT2D eigenvalue weighted by molar-refractivity contribution is 0.122. The van der Waals surface area contributed by atoms with E-state index in [1.54, 1.807) is 22.7 Å². The number of thiophene rings is 2. The molecule has 0 atom stereocenters. The van der Waals surface area contributed by atoms with E-state index in [2.05, 4.69) is 46.0 Å². The lowest BCUT2D eigenvalue weighted by Crippen LogP contribution is -2.37. The van der Waals surface area contributed by atoms with Gasteiger partial charge in [-0.1, -0.05) is 12.1 Å². The van der Waals surface area contributed by atoms with E-state index in [1.807, 2.05) is 0 Å². The van der Waals surface area contributed by atoms with Crippen LogP contribution in [0.2, 0.25) is 0 Å². The van der Waals surface area contributed by atoms with Crippen LogP contribution in [0.15, 0.2) is 41.1 Å². The molecule has 1 fully saturated rings. The van der Waals surface area contributed by atoms with Gasteiger partial charge < -0.3 is 9.64 Å². The summed E-state index contributed by atoms with van der Waals surface area (Å²) in [7, 11) is 0. The molecule has 4 nitrogen and oxygen atoms in total. The molecule has 112 valence electrons. The van der Waals surface area contributed by atoms with E-state index >= 15 is 0 Å². The van der Waals surface area contributed by atoms with E-state index in [0.29, 0.717) is 0 Å². The maximum absolute atomic E-state index is 5.43. The van der Waals surface area contributed by atoms with Crippen LogP contribution < -0.4 is 4.90 Å². The number of hydrogen-bond donors (Lipinski definition) is 0. The minimum absolute atomic E-state index is 0.737. The van der Waals surface area contributed by atoms with Crippen molar-refractivity contribution in [1.82, 2.24) is 9.97 Å². The van der Waals surface area contributed by atoms with Crippen LogP contribution in [-0.2, 0) is 4.74 Å². The molecule has 4 rings (SSSR count). The van der Waals surface area contributed by atoms with Crippen molar-refractivity contribution < 1.29 is 4.74 Å². The van der Waals surface area contributed by atoms with Gasteiger partial charge in [-0.2, -0.15) is 0 Å². The Kier molecular flexibility index (Phi) is 3.88. The molecule has 0 bridgehead atoms. The van der Waals surface area contributed by atoms with Crippen LogP contribution in [0.1, 0.15) is 0 Å². The second-order valence-electron chi connectivity index (χ2n) is 4.99. The number of hydrogen-bond acceptors (Lipinski definition) is 6. The Labute approximate surface area is 137 Å². The van der Waals surface area contributed by atoms with Gasteiger partial charge in [-0.05, 0) is 29.0 Å². The van der Waals surface area contributed by atoms with Crippen LogP contribution in [0.25, 0.3) is 21.1 Å². The minimum atomic E-state index is 0.737. The Bertz CT molecular complexity index is 682. The van der Waals surface area contributed by atoms with Crippen LogP contribution in [0.5, 0.6) is 0 Å². The van der Waals surface area contributed by atoms with Crippen molar-refractivity contribution >= 4 is 28.6 Å². The summed E-state index contributed by atoms with van der Waals surface area (Å²) in [5.74, 6) is 0.803. The van der Waals surface area contributed by atoms with Gasteiger partial charge in [0.1, 0.15) is 0 Å². The van der Waals surface area contributed by atoms with Crippen molar-refractivity contribution in [3.63, 3.8) is 0 Å². The predicted molar refractivity (Wildman–Crippen MR) is 91.7 cm³/mol. The van der Waals surface area contributed by atoms with Crippen LogP contribution in [0, 0.1) is 0 Å². The van der Waals surface area contributed by atoms with Crippen LogP contribution in [0.4, 0.5) is 5.95 Å². The van der Waals surface area contributed by atoms with E-state index in [4.69, 9.17) is 14.7 Å². The second kappa shape index (κ2) is 6.16. The van der Waals surface area contributed by atoms with Crippen molar-refractivity contribution in [3.05, 3.63) is 41.1 Å². The molecule has 1 aliphatic heterocycles. The number of morpholine rings is 1. The maximum atomic E-state index is 5.43. The molecule has 3 aromatic rings. The fourth-order valence-electron chi connectivity index (χ4n) is 2.44. The van der Waals surface area contributed by atoms with Crippen molar-refractivity contribution in [3.8, 4) is 21.1 Å². The third-order valence-corrected chi connectivity index (χ3v) is 5.34. The third kappa shape index (κ3) is 2.77. The first-order chi connectivity index (χ1) is 10.9. The summed E-state index contributed by atoms with van der Waals surface area (Å²) < 4.78 is 5.43. The number of nitrogens with zero attached hydrogens (tertiary/aromatic N) is 3. The zero-order valence-corrected chi connectivity index (χ0v) is 13.6. The predicted octanol–water partition coefficient (Wildman–Crippen LogP) is 3.77. The highest BCUT2D eigenvalue weighted by molar-refractivity contribution is 7.14. The molecule has 0 spiro atoms. The first kappa shape index (κ1) is 13.9. The lowest BCUT2D eigenvalue weighted by atomic mass is 10.2. The Morgan fingerprint density at radius 1 is 0.909 bits per heavy atom. The van der Waals surface area contributed by atoms with E-state index in [-0.39, 0.29) is 0 Å². The zero-order chi connectivity index (χ0) is 14.8. The molecular weight excluding hydrogens is 314 g/mol. The Hall–Kier alpha value is -1.76. The van der Waals surface area contributed by atoms with E-state index < -0.39 is 0 Å². The molecule has 4 heterocycles. The Balaban J connectivity index is 1.80. The largest absolute Gasteiger partial charge is 0.378 e. The molecule has 0 amide bonds. The van der Waals surface area contributed by atoms with Crippen molar-refractivity contribution in [1.29, 1.82) is 0 Å². The summed E-state index contributed by atoms with van der Waals surface area (Å²) >= 11 is 3.41. The molecule has 1 aliphatic rings. The summed E-state index contributed by atoms with van der Waals surface area (Å²) in [6.45, 7) is 3.16. The van der Waals surface area contributed by atoms with Crippen LogP contribution in [-0.4, -0.2) is 36.3 Å². The summed E-state index contributed by atoms with van der Waals surface area (Å²) in [6, 6.07) is 10.4. The summed E-state index contributed by atoms with van der Waals surface area (Å²) in [6.07, 6.45) is 0. The molecule has 3 aromatic heterocycles. The average molecular weight is 329 g/mol. The molecule has 1 saturated heterocycles. The highest BCUT2D eigenvalue weighted by atomic mass is 32.1.